The van der Waals surface area contributed by atoms with Crippen LogP contribution in [0.1, 0.15) is 17.3 Å². The van der Waals surface area contributed by atoms with Gasteiger partial charge in [-0.1, -0.05) is 37.3 Å². The van der Waals surface area contributed by atoms with E-state index in [0.29, 0.717) is 22.9 Å². The Morgan fingerprint density at radius 3 is 2.23 bits per heavy atom. The number of sulfone groups is 1. The zero-order valence-electron chi connectivity index (χ0n) is 16.7. The lowest BCUT2D eigenvalue weighted by molar-refractivity contribution is 0.102. The summed E-state index contributed by atoms with van der Waals surface area (Å²) in [6, 6.07) is 22.8. The molecule has 31 heavy (non-hydrogen) atoms. The Hall–Kier alpha value is -3.78. The van der Waals surface area contributed by atoms with Crippen LogP contribution in [0.5, 0.6) is 0 Å². The third kappa shape index (κ3) is 4.54. The van der Waals surface area contributed by atoms with Crippen LogP contribution in [0.25, 0.3) is 22.8 Å². The van der Waals surface area contributed by atoms with Crippen molar-refractivity contribution in [2.24, 2.45) is 0 Å². The van der Waals surface area contributed by atoms with Crippen LogP contribution in [0.15, 0.2) is 83.8 Å². The SMILES string of the molecule is CCS(=O)(=O)c1ccc(C(=O)Nc2ccc(-c3nc(-c4ccccc4)n[nH]3)cc2)cc1. The predicted octanol–water partition coefficient (Wildman–Crippen LogP) is 4.18. The van der Waals surface area contributed by atoms with Gasteiger partial charge in [-0.3, -0.25) is 9.89 Å². The van der Waals surface area contributed by atoms with E-state index in [1.54, 1.807) is 19.1 Å². The Labute approximate surface area is 180 Å². The zero-order valence-corrected chi connectivity index (χ0v) is 17.6. The van der Waals surface area contributed by atoms with Crippen molar-refractivity contribution in [3.63, 3.8) is 0 Å². The number of carbonyl (C=O) groups is 1. The van der Waals surface area contributed by atoms with Gasteiger partial charge in [0.15, 0.2) is 21.5 Å². The average Bonchev–Trinajstić information content (AvgIpc) is 3.30. The Morgan fingerprint density at radius 1 is 0.903 bits per heavy atom. The maximum atomic E-state index is 12.5. The number of rotatable bonds is 6. The summed E-state index contributed by atoms with van der Waals surface area (Å²) in [5.74, 6) is 0.938. The molecular weight excluding hydrogens is 412 g/mol. The van der Waals surface area contributed by atoms with Crippen LogP contribution in [0, 0.1) is 0 Å². The maximum absolute atomic E-state index is 12.5. The third-order valence-electron chi connectivity index (χ3n) is 4.79. The molecule has 4 rings (SSSR count). The smallest absolute Gasteiger partial charge is 0.255 e. The molecule has 1 amide bonds. The molecule has 1 aromatic heterocycles. The van der Waals surface area contributed by atoms with Crippen molar-refractivity contribution in [2.75, 3.05) is 11.1 Å². The van der Waals surface area contributed by atoms with Crippen LogP contribution >= 0.6 is 0 Å². The van der Waals surface area contributed by atoms with Crippen molar-refractivity contribution in [1.29, 1.82) is 0 Å². The van der Waals surface area contributed by atoms with Gasteiger partial charge < -0.3 is 5.32 Å². The van der Waals surface area contributed by atoms with Crippen molar-refractivity contribution >= 4 is 21.4 Å². The fraction of sp³-hybridized carbons (Fsp3) is 0.0870. The first kappa shape index (κ1) is 20.5. The summed E-state index contributed by atoms with van der Waals surface area (Å²) in [6.07, 6.45) is 0. The van der Waals surface area contributed by atoms with E-state index in [9.17, 15) is 13.2 Å². The summed E-state index contributed by atoms with van der Waals surface area (Å²) in [5.41, 5.74) is 2.75. The molecule has 3 aromatic carbocycles. The molecule has 8 heteroatoms. The topological polar surface area (TPSA) is 105 Å². The number of hydrogen-bond acceptors (Lipinski definition) is 5. The minimum atomic E-state index is -3.29. The molecule has 156 valence electrons. The number of H-pyrrole nitrogens is 1. The van der Waals surface area contributed by atoms with Gasteiger partial charge in [0.2, 0.25) is 0 Å². The third-order valence-corrected chi connectivity index (χ3v) is 6.54. The molecule has 4 aromatic rings. The molecule has 0 aliphatic rings. The normalized spacial score (nSPS) is 11.3. The molecule has 0 atom stereocenters. The van der Waals surface area contributed by atoms with E-state index >= 15 is 0 Å². The quantitative estimate of drug-likeness (QED) is 0.475. The molecule has 0 radical (unpaired) electrons. The molecule has 0 saturated heterocycles. The molecule has 0 aliphatic heterocycles. The van der Waals surface area contributed by atoms with E-state index in [0.717, 1.165) is 11.1 Å². The van der Waals surface area contributed by atoms with Gasteiger partial charge in [-0.25, -0.2) is 13.4 Å². The molecule has 1 heterocycles. The first-order chi connectivity index (χ1) is 15.0. The van der Waals surface area contributed by atoms with E-state index in [1.165, 1.54) is 24.3 Å². The molecule has 0 saturated carbocycles. The van der Waals surface area contributed by atoms with E-state index in [1.807, 2.05) is 42.5 Å². The van der Waals surface area contributed by atoms with Gasteiger partial charge in [-0.2, -0.15) is 5.10 Å². The number of nitrogens with one attached hydrogen (secondary N) is 2. The minimum Gasteiger partial charge on any atom is -0.322 e. The molecule has 0 fully saturated rings. The Morgan fingerprint density at radius 2 is 1.58 bits per heavy atom. The van der Waals surface area contributed by atoms with Crippen molar-refractivity contribution < 1.29 is 13.2 Å². The lowest BCUT2D eigenvalue weighted by Crippen LogP contribution is -2.12. The summed E-state index contributed by atoms with van der Waals surface area (Å²) < 4.78 is 23.8. The standard InChI is InChI=1S/C23H20N4O3S/c1-2-31(29,30)20-14-10-18(11-15-20)23(28)24-19-12-8-17(9-13-19)22-25-21(26-27-22)16-6-4-3-5-7-16/h3-15H,2H2,1H3,(H,24,28)(H,25,26,27). The Kier molecular flexibility index (Phi) is 5.64. The molecule has 0 spiro atoms. The second-order valence-electron chi connectivity index (χ2n) is 6.83. The molecule has 0 unspecified atom stereocenters. The van der Waals surface area contributed by atoms with E-state index < -0.39 is 9.84 Å². The second kappa shape index (κ2) is 8.53. The number of aromatic nitrogens is 3. The molecular formula is C23H20N4O3S. The van der Waals surface area contributed by atoms with E-state index in [-0.39, 0.29) is 16.6 Å². The van der Waals surface area contributed by atoms with Gasteiger partial charge in [-0.05, 0) is 48.5 Å². The fourth-order valence-corrected chi connectivity index (χ4v) is 3.89. The highest BCUT2D eigenvalue weighted by Crippen LogP contribution is 2.22. The van der Waals surface area contributed by atoms with Crippen molar-refractivity contribution in [3.05, 3.63) is 84.4 Å². The first-order valence-electron chi connectivity index (χ1n) is 9.69. The van der Waals surface area contributed by atoms with Gasteiger partial charge in [0.25, 0.3) is 5.91 Å². The maximum Gasteiger partial charge on any atom is 0.255 e. The Balaban J connectivity index is 1.45. The van der Waals surface area contributed by atoms with Gasteiger partial charge >= 0.3 is 0 Å². The molecule has 0 bridgehead atoms. The van der Waals surface area contributed by atoms with Crippen LogP contribution in [0.2, 0.25) is 0 Å². The highest BCUT2D eigenvalue weighted by molar-refractivity contribution is 7.91. The van der Waals surface area contributed by atoms with Crippen LogP contribution in [-0.2, 0) is 9.84 Å². The van der Waals surface area contributed by atoms with Crippen molar-refractivity contribution in [3.8, 4) is 22.8 Å². The summed E-state index contributed by atoms with van der Waals surface area (Å²) in [4.78, 5) is 17.2. The van der Waals surface area contributed by atoms with E-state index in [2.05, 4.69) is 20.5 Å². The number of carbonyl (C=O) groups excluding carboxylic acids is 1. The fourth-order valence-electron chi connectivity index (χ4n) is 3.00. The summed E-state index contributed by atoms with van der Waals surface area (Å²) in [5, 5.41) is 9.99. The number of nitrogens with zero attached hydrogens (tertiary/aromatic N) is 2. The molecule has 0 aliphatic carbocycles. The summed E-state index contributed by atoms with van der Waals surface area (Å²) in [6.45, 7) is 1.58. The van der Waals surface area contributed by atoms with Crippen LogP contribution in [0.4, 0.5) is 5.69 Å². The van der Waals surface area contributed by atoms with Gasteiger partial charge in [0.05, 0.1) is 10.6 Å². The Bertz CT molecular complexity index is 1300. The lowest BCUT2D eigenvalue weighted by atomic mass is 10.1. The molecule has 2 N–H and O–H groups in total. The summed E-state index contributed by atoms with van der Waals surface area (Å²) >= 11 is 0. The van der Waals surface area contributed by atoms with Gasteiger partial charge in [0, 0.05) is 22.4 Å². The number of benzene rings is 3. The minimum absolute atomic E-state index is 0.0168. The van der Waals surface area contributed by atoms with Crippen molar-refractivity contribution in [1.82, 2.24) is 15.2 Å². The van der Waals surface area contributed by atoms with Crippen LogP contribution < -0.4 is 5.32 Å². The van der Waals surface area contributed by atoms with Crippen LogP contribution in [0.3, 0.4) is 0 Å². The van der Waals surface area contributed by atoms with Crippen molar-refractivity contribution in [2.45, 2.75) is 11.8 Å². The summed E-state index contributed by atoms with van der Waals surface area (Å²) in [7, 11) is -3.29. The van der Waals surface area contributed by atoms with E-state index in [4.69, 9.17) is 0 Å². The first-order valence-corrected chi connectivity index (χ1v) is 11.3. The van der Waals surface area contributed by atoms with Gasteiger partial charge in [-0.15, -0.1) is 0 Å². The van der Waals surface area contributed by atoms with Crippen LogP contribution in [-0.4, -0.2) is 35.3 Å². The second-order valence-corrected chi connectivity index (χ2v) is 9.11. The van der Waals surface area contributed by atoms with Gasteiger partial charge in [0.1, 0.15) is 0 Å². The largest absolute Gasteiger partial charge is 0.322 e. The number of amides is 1. The predicted molar refractivity (Wildman–Crippen MR) is 119 cm³/mol. The highest BCUT2D eigenvalue weighted by atomic mass is 32.2. The monoisotopic (exact) mass is 432 g/mol. The number of aromatic amines is 1. The molecule has 7 nitrogen and oxygen atoms in total. The number of hydrogen-bond donors (Lipinski definition) is 2. The zero-order chi connectivity index (χ0) is 21.8. The number of anilines is 1. The highest BCUT2D eigenvalue weighted by Gasteiger charge is 2.13. The lowest BCUT2D eigenvalue weighted by Gasteiger charge is -2.07. The average molecular weight is 433 g/mol.